The summed E-state index contributed by atoms with van der Waals surface area (Å²) in [5, 5.41) is 11.2. The molecule has 0 aromatic heterocycles. The van der Waals surface area contributed by atoms with E-state index in [0.29, 0.717) is 51.4 Å². The molecule has 8 aliphatic rings. The van der Waals surface area contributed by atoms with Crippen LogP contribution in [0.25, 0.3) is 0 Å². The standard InChI is InChI=1S/C75H116F8N12O13/c1-11-44(4)61-65(100)84-45(5)66(101)90(8)54-21-14-17-31-95(70(54)105)57(40-46-23-26-49(27-24-46)74(78,79)80)68(103)88(6)42-58(96)85-52(28-25-47-38-50(76)60(51(77)39-47)75(81,82)83)67(102)94-32-18-22-53(94)64(99)87-73(29-15-16-30-73)72(107)92(10)62(48-19-12-13-20-48)71(106)91(9)56(69(104)93-33-35-108-36-34-93)41-59(97)89(7)55(37-43(2)3)63(98)86-61/h43-57,60-62H,11-42H2,1-10H3,(H,84,100)(H,85,96)(H,86,98)(H,87,99)/t44-,45-,46?,47?,49?,50?,51?,52-,53-,54-,55-,56-,57-,60?,61-,62-/m0/s1. The zero-order valence-electron chi connectivity index (χ0n) is 64.4. The van der Waals surface area contributed by atoms with Gasteiger partial charge in [0.2, 0.25) is 70.9 Å². The molecule has 12 amide bonds. The van der Waals surface area contributed by atoms with Crippen LogP contribution in [0, 0.1) is 41.4 Å². The largest absolute Gasteiger partial charge is 0.397 e. The van der Waals surface area contributed by atoms with Crippen LogP contribution in [0.2, 0.25) is 0 Å². The second-order valence-electron chi connectivity index (χ2n) is 32.6. The predicted octanol–water partition coefficient (Wildman–Crippen LogP) is 6.38. The third-order valence-corrected chi connectivity index (χ3v) is 24.6. The Morgan fingerprint density at radius 1 is 0.583 bits per heavy atom. The van der Waals surface area contributed by atoms with Gasteiger partial charge < -0.3 is 65.2 Å². The van der Waals surface area contributed by atoms with E-state index in [2.05, 4.69) is 21.3 Å². The van der Waals surface area contributed by atoms with Gasteiger partial charge in [-0.15, -0.1) is 0 Å². The number of morpholine rings is 1. The van der Waals surface area contributed by atoms with Crippen LogP contribution in [-0.4, -0.2) is 276 Å². The number of amides is 12. The molecule has 1 spiro atoms. The molecule has 610 valence electrons. The van der Waals surface area contributed by atoms with Gasteiger partial charge in [-0.2, -0.15) is 26.3 Å². The Kier molecular flexibility index (Phi) is 30.0. The molecule has 8 rings (SSSR count). The van der Waals surface area contributed by atoms with Crippen molar-refractivity contribution in [2.75, 3.05) is 81.2 Å². The maximum absolute atomic E-state index is 15.7. The average molecular weight is 1550 g/mol. The molecule has 4 saturated carbocycles. The molecule has 33 heteroatoms. The zero-order valence-corrected chi connectivity index (χ0v) is 64.4. The molecule has 0 aromatic carbocycles. The van der Waals surface area contributed by atoms with Crippen LogP contribution >= 0.6 is 0 Å². The third kappa shape index (κ3) is 20.8. The molecule has 25 nitrogen and oxygen atoms in total. The quantitative estimate of drug-likeness (QED) is 0.164. The number of hydrogen-bond donors (Lipinski definition) is 4. The van der Waals surface area contributed by atoms with Crippen molar-refractivity contribution in [3.63, 3.8) is 0 Å². The molecule has 4 aliphatic carbocycles. The van der Waals surface area contributed by atoms with Crippen molar-refractivity contribution in [3.05, 3.63) is 0 Å². The topological polar surface area (TPSA) is 288 Å². The summed E-state index contributed by atoms with van der Waals surface area (Å²) < 4.78 is 120. The summed E-state index contributed by atoms with van der Waals surface area (Å²) in [6.07, 6.45) is -13.8. The first-order valence-electron chi connectivity index (χ1n) is 39.2. The van der Waals surface area contributed by atoms with Crippen LogP contribution < -0.4 is 21.3 Å². The highest BCUT2D eigenvalue weighted by atomic mass is 19.4. The molecule has 4 aliphatic heterocycles. The lowest BCUT2D eigenvalue weighted by molar-refractivity contribution is -0.219. The predicted molar refractivity (Wildman–Crippen MR) is 379 cm³/mol. The summed E-state index contributed by atoms with van der Waals surface area (Å²) in [5.41, 5.74) is -1.67. The van der Waals surface area contributed by atoms with Crippen molar-refractivity contribution in [2.24, 2.45) is 41.4 Å². The van der Waals surface area contributed by atoms with Gasteiger partial charge in [-0.1, -0.05) is 59.8 Å². The van der Waals surface area contributed by atoms with E-state index in [1.807, 2.05) is 13.8 Å². The molecule has 4 N–H and O–H groups in total. The molecular weight excluding hydrogens is 1430 g/mol. The van der Waals surface area contributed by atoms with Gasteiger partial charge in [0.05, 0.1) is 32.1 Å². The van der Waals surface area contributed by atoms with E-state index in [0.717, 1.165) is 9.80 Å². The van der Waals surface area contributed by atoms with E-state index < -0.39 is 223 Å². The van der Waals surface area contributed by atoms with Crippen LogP contribution in [-0.2, 0) is 62.3 Å². The number of nitrogens with one attached hydrogen (secondary N) is 4. The summed E-state index contributed by atoms with van der Waals surface area (Å²) in [5.74, 6) is -16.6. The molecule has 108 heavy (non-hydrogen) atoms. The van der Waals surface area contributed by atoms with E-state index >= 15 is 47.1 Å². The number of hydrogen-bond acceptors (Lipinski definition) is 13. The highest BCUT2D eigenvalue weighted by molar-refractivity contribution is 6.01. The van der Waals surface area contributed by atoms with Gasteiger partial charge >= 0.3 is 12.4 Å². The number of fused-ring (bicyclic) bond motifs is 3. The molecule has 2 unspecified atom stereocenters. The van der Waals surface area contributed by atoms with E-state index in [9.17, 15) is 45.5 Å². The van der Waals surface area contributed by atoms with E-state index in [-0.39, 0.29) is 129 Å². The molecule has 2 bridgehead atoms. The fraction of sp³-hybridized carbons (Fsp3) is 0.840. The maximum Gasteiger partial charge on any atom is 0.397 e. The van der Waals surface area contributed by atoms with E-state index in [1.165, 1.54) is 71.6 Å². The molecular formula is C75H116F8N12O13. The summed E-state index contributed by atoms with van der Waals surface area (Å²) in [6, 6.07) is -12.4. The Hall–Kier alpha value is -6.96. The number of likely N-dealkylation sites (N-methyl/N-ethyl adjacent to an activating group) is 5. The second-order valence-corrected chi connectivity index (χ2v) is 32.6. The molecule has 8 fully saturated rings. The number of alkyl halides is 8. The molecule has 4 saturated heterocycles. The van der Waals surface area contributed by atoms with Gasteiger partial charge in [-0.05, 0) is 159 Å². The summed E-state index contributed by atoms with van der Waals surface area (Å²) in [6.45, 7) is 8.03. The van der Waals surface area contributed by atoms with Gasteiger partial charge in [0.25, 0.3) is 0 Å². The summed E-state index contributed by atoms with van der Waals surface area (Å²) in [4.78, 5) is 191. The minimum Gasteiger partial charge on any atom is -0.378 e. The number of carbonyl (C=O) groups excluding carboxylic acids is 12. The van der Waals surface area contributed by atoms with Gasteiger partial charge in [0.15, 0.2) is 0 Å². The highest BCUT2D eigenvalue weighted by Crippen LogP contribution is 2.46. The Morgan fingerprint density at radius 2 is 1.19 bits per heavy atom. The minimum absolute atomic E-state index is 0.0142. The first-order valence-corrected chi connectivity index (χ1v) is 39.2. The minimum atomic E-state index is -5.20. The average Bonchev–Trinajstić information content (AvgIpc) is 1.53. The van der Waals surface area contributed by atoms with Crippen molar-refractivity contribution < 1.29 is 97.4 Å². The lowest BCUT2D eigenvalue weighted by atomic mass is 9.76. The van der Waals surface area contributed by atoms with Crippen LogP contribution in [0.3, 0.4) is 0 Å². The van der Waals surface area contributed by atoms with E-state index in [4.69, 9.17) is 4.74 Å². The second kappa shape index (κ2) is 37.4. The van der Waals surface area contributed by atoms with Crippen LogP contribution in [0.15, 0.2) is 0 Å². The SMILES string of the molecule is CC[C@H](C)[C@@H]1NC(=O)[C@H](CC(C)C)N(C)C(=O)C[C@@H](C(=O)N2CCOCC2)N(C)C(=O)[C@H](C2CCCC2)N(C)C(=O)C2(CCCC2)NC(=O)[C@@H]2CCCN2C(=O)[C@H](CCC2CC(F)C(C(F)(F)F)C(F)C2)NC(=O)CN(C)C(=O)[C@H](CC2CCC(C(F)(F)F)CC2)N2CCCC[C@@H](C2=O)N(C)C(=O)[C@H](C)NC1=O. The number of ether oxygens (including phenoxy) is 1. The van der Waals surface area contributed by atoms with Crippen molar-refractivity contribution in [1.82, 2.24) is 60.5 Å². The first-order chi connectivity index (χ1) is 50.8. The van der Waals surface area contributed by atoms with Crippen LogP contribution in [0.4, 0.5) is 35.1 Å². The Balaban J connectivity index is 1.19. The molecule has 0 radical (unpaired) electrons. The summed E-state index contributed by atoms with van der Waals surface area (Å²) in [7, 11) is 6.78. The molecule has 12 atom stereocenters. The zero-order chi connectivity index (χ0) is 79.6. The first kappa shape index (κ1) is 86.6. The van der Waals surface area contributed by atoms with Gasteiger partial charge in [0, 0.05) is 61.4 Å². The fourth-order valence-electron chi connectivity index (χ4n) is 18.0. The highest BCUT2D eigenvalue weighted by Gasteiger charge is 2.56. The third-order valence-electron chi connectivity index (χ3n) is 24.6. The Morgan fingerprint density at radius 3 is 1.78 bits per heavy atom. The Labute approximate surface area is 628 Å². The number of rotatable bonds is 11. The fourth-order valence-corrected chi connectivity index (χ4v) is 18.0. The normalized spacial score (nSPS) is 32.6. The van der Waals surface area contributed by atoms with Crippen molar-refractivity contribution >= 4 is 70.9 Å². The van der Waals surface area contributed by atoms with E-state index in [1.54, 1.807) is 13.8 Å². The van der Waals surface area contributed by atoms with Gasteiger partial charge in [-0.3, -0.25) is 57.5 Å². The Bertz CT molecular complexity index is 3190. The van der Waals surface area contributed by atoms with Gasteiger partial charge in [0.1, 0.15) is 78.2 Å². The van der Waals surface area contributed by atoms with Gasteiger partial charge in [-0.25, -0.2) is 8.78 Å². The lowest BCUT2D eigenvalue weighted by Crippen LogP contribution is -2.65. The monoisotopic (exact) mass is 1540 g/mol. The van der Waals surface area contributed by atoms with Crippen molar-refractivity contribution in [3.8, 4) is 0 Å². The molecule has 0 aromatic rings. The summed E-state index contributed by atoms with van der Waals surface area (Å²) >= 11 is 0. The van der Waals surface area contributed by atoms with Crippen molar-refractivity contribution in [1.29, 1.82) is 0 Å². The lowest BCUT2D eigenvalue weighted by Gasteiger charge is -2.42. The smallest absolute Gasteiger partial charge is 0.378 e. The van der Waals surface area contributed by atoms with Crippen LogP contribution in [0.5, 0.6) is 0 Å². The maximum atomic E-state index is 15.7. The molecule has 4 heterocycles. The number of nitrogens with zero attached hydrogens (tertiary/aromatic N) is 8. The number of halogens is 8. The number of carbonyl (C=O) groups is 12. The van der Waals surface area contributed by atoms with Crippen LogP contribution in [0.1, 0.15) is 195 Å². The van der Waals surface area contributed by atoms with Crippen molar-refractivity contribution in [2.45, 2.75) is 280 Å².